The maximum absolute atomic E-state index is 5.90. The molecule has 0 saturated heterocycles. The average molecular weight is 234 g/mol. The van der Waals surface area contributed by atoms with E-state index in [1.807, 2.05) is 11.9 Å². The zero-order valence-electron chi connectivity index (χ0n) is 8.46. The van der Waals surface area contributed by atoms with Crippen LogP contribution >= 0.6 is 23.2 Å². The van der Waals surface area contributed by atoms with Crippen LogP contribution in [0.4, 0.5) is 5.69 Å². The average Bonchev–Trinajstić information content (AvgIpc) is 2.08. The summed E-state index contributed by atoms with van der Waals surface area (Å²) in [6, 6.07) is 1.72. The molecule has 5 heteroatoms. The molecule has 1 heterocycles. The van der Waals surface area contributed by atoms with Gasteiger partial charge in [-0.15, -0.1) is 10.2 Å². The maximum atomic E-state index is 5.90. The molecule has 1 rings (SSSR count). The van der Waals surface area contributed by atoms with Crippen LogP contribution in [0.25, 0.3) is 0 Å². The van der Waals surface area contributed by atoms with Gasteiger partial charge in [-0.05, 0) is 5.92 Å². The molecule has 14 heavy (non-hydrogen) atoms. The number of aromatic nitrogens is 2. The third-order valence-electron chi connectivity index (χ3n) is 1.75. The third-order valence-corrected chi connectivity index (χ3v) is 2.20. The second-order valence-electron chi connectivity index (χ2n) is 3.62. The molecule has 0 saturated carbocycles. The zero-order valence-corrected chi connectivity index (χ0v) is 9.97. The molecule has 0 fully saturated rings. The number of hydrogen-bond donors (Lipinski definition) is 0. The van der Waals surface area contributed by atoms with Gasteiger partial charge in [-0.1, -0.05) is 37.0 Å². The zero-order chi connectivity index (χ0) is 10.7. The summed E-state index contributed by atoms with van der Waals surface area (Å²) in [6.45, 7) is 5.18. The van der Waals surface area contributed by atoms with Crippen molar-refractivity contribution in [1.82, 2.24) is 10.2 Å². The minimum absolute atomic E-state index is 0.361. The number of hydrogen-bond acceptors (Lipinski definition) is 3. The summed E-state index contributed by atoms with van der Waals surface area (Å²) >= 11 is 11.6. The standard InChI is InChI=1S/C9H13Cl2N3/c1-6(2)5-14(3)7-4-8(10)12-13-9(7)11/h4,6H,5H2,1-3H3. The molecule has 1 aromatic rings. The topological polar surface area (TPSA) is 29.0 Å². The van der Waals surface area contributed by atoms with Crippen molar-refractivity contribution in [2.24, 2.45) is 5.92 Å². The van der Waals surface area contributed by atoms with Gasteiger partial charge in [0.2, 0.25) is 0 Å². The summed E-state index contributed by atoms with van der Waals surface area (Å²) in [5, 5.41) is 8.15. The molecule has 0 unspecified atom stereocenters. The van der Waals surface area contributed by atoms with Crippen molar-refractivity contribution in [3.05, 3.63) is 16.4 Å². The van der Waals surface area contributed by atoms with Crippen LogP contribution in [0.1, 0.15) is 13.8 Å². The van der Waals surface area contributed by atoms with E-state index in [0.29, 0.717) is 16.2 Å². The highest BCUT2D eigenvalue weighted by atomic mass is 35.5. The fraction of sp³-hybridized carbons (Fsp3) is 0.556. The van der Waals surface area contributed by atoms with E-state index in [1.54, 1.807) is 6.07 Å². The molecule has 0 aliphatic carbocycles. The van der Waals surface area contributed by atoms with Crippen molar-refractivity contribution in [3.63, 3.8) is 0 Å². The van der Waals surface area contributed by atoms with Crippen molar-refractivity contribution in [3.8, 4) is 0 Å². The van der Waals surface area contributed by atoms with E-state index in [4.69, 9.17) is 23.2 Å². The lowest BCUT2D eigenvalue weighted by molar-refractivity contribution is 0.637. The van der Waals surface area contributed by atoms with Crippen LogP contribution in [0.15, 0.2) is 6.07 Å². The normalized spacial score (nSPS) is 10.7. The van der Waals surface area contributed by atoms with E-state index in [-0.39, 0.29) is 0 Å². The molecule has 0 aliphatic heterocycles. The van der Waals surface area contributed by atoms with Gasteiger partial charge < -0.3 is 4.90 Å². The Morgan fingerprint density at radius 1 is 1.36 bits per heavy atom. The molecule has 0 N–H and O–H groups in total. The van der Waals surface area contributed by atoms with Gasteiger partial charge in [0, 0.05) is 19.7 Å². The lowest BCUT2D eigenvalue weighted by atomic mass is 10.2. The van der Waals surface area contributed by atoms with Crippen molar-refractivity contribution in [2.45, 2.75) is 13.8 Å². The summed E-state index contributed by atoms with van der Waals surface area (Å²) < 4.78 is 0. The van der Waals surface area contributed by atoms with Crippen LogP contribution in [-0.4, -0.2) is 23.8 Å². The molecule has 1 aromatic heterocycles. The molecule has 0 radical (unpaired) electrons. The quantitative estimate of drug-likeness (QED) is 0.805. The largest absolute Gasteiger partial charge is 0.372 e. The Morgan fingerprint density at radius 2 is 2.00 bits per heavy atom. The van der Waals surface area contributed by atoms with E-state index in [1.165, 1.54) is 0 Å². The van der Waals surface area contributed by atoms with Gasteiger partial charge in [0.05, 0.1) is 5.69 Å². The highest BCUT2D eigenvalue weighted by molar-refractivity contribution is 6.33. The highest BCUT2D eigenvalue weighted by Crippen LogP contribution is 2.24. The van der Waals surface area contributed by atoms with E-state index in [0.717, 1.165) is 12.2 Å². The van der Waals surface area contributed by atoms with E-state index >= 15 is 0 Å². The predicted octanol–water partition coefficient (Wildman–Crippen LogP) is 2.88. The van der Waals surface area contributed by atoms with Crippen LogP contribution in [-0.2, 0) is 0 Å². The Bertz CT molecular complexity index is 315. The Balaban J connectivity index is 2.88. The number of rotatable bonds is 3. The lowest BCUT2D eigenvalue weighted by Crippen LogP contribution is -2.23. The van der Waals surface area contributed by atoms with Crippen LogP contribution in [0.5, 0.6) is 0 Å². The predicted molar refractivity (Wildman–Crippen MR) is 60.2 cm³/mol. The van der Waals surface area contributed by atoms with Crippen molar-refractivity contribution >= 4 is 28.9 Å². The molecule has 0 spiro atoms. The molecule has 0 amide bonds. The van der Waals surface area contributed by atoms with Gasteiger partial charge in [0.15, 0.2) is 10.3 Å². The first-order chi connectivity index (χ1) is 6.50. The number of nitrogens with zero attached hydrogens (tertiary/aromatic N) is 3. The molecule has 3 nitrogen and oxygen atoms in total. The molecular weight excluding hydrogens is 221 g/mol. The van der Waals surface area contributed by atoms with Gasteiger partial charge in [-0.2, -0.15) is 0 Å². The maximum Gasteiger partial charge on any atom is 0.175 e. The Kier molecular flexibility index (Phi) is 3.96. The van der Waals surface area contributed by atoms with Crippen LogP contribution in [0.2, 0.25) is 10.3 Å². The first-order valence-electron chi connectivity index (χ1n) is 4.40. The first-order valence-corrected chi connectivity index (χ1v) is 5.16. The molecular formula is C9H13Cl2N3. The van der Waals surface area contributed by atoms with E-state index in [2.05, 4.69) is 24.0 Å². The van der Waals surface area contributed by atoms with Gasteiger partial charge in [-0.25, -0.2) is 0 Å². The molecule has 0 aliphatic rings. The highest BCUT2D eigenvalue weighted by Gasteiger charge is 2.10. The smallest absolute Gasteiger partial charge is 0.175 e. The van der Waals surface area contributed by atoms with Gasteiger partial charge in [0.25, 0.3) is 0 Å². The van der Waals surface area contributed by atoms with Gasteiger partial charge in [0.1, 0.15) is 0 Å². The molecule has 0 atom stereocenters. The second-order valence-corrected chi connectivity index (χ2v) is 4.36. The van der Waals surface area contributed by atoms with E-state index in [9.17, 15) is 0 Å². The Morgan fingerprint density at radius 3 is 2.57 bits per heavy atom. The van der Waals surface area contributed by atoms with Crippen LogP contribution in [0, 0.1) is 5.92 Å². The number of halogens is 2. The van der Waals surface area contributed by atoms with E-state index < -0.39 is 0 Å². The summed E-state index contributed by atoms with van der Waals surface area (Å²) in [7, 11) is 1.96. The van der Waals surface area contributed by atoms with Gasteiger partial charge >= 0.3 is 0 Å². The van der Waals surface area contributed by atoms with Gasteiger partial charge in [-0.3, -0.25) is 0 Å². The minimum atomic E-state index is 0.361. The molecule has 0 aromatic carbocycles. The fourth-order valence-electron chi connectivity index (χ4n) is 1.26. The van der Waals surface area contributed by atoms with Crippen LogP contribution in [0.3, 0.4) is 0 Å². The van der Waals surface area contributed by atoms with Crippen molar-refractivity contribution < 1.29 is 0 Å². The van der Waals surface area contributed by atoms with Crippen molar-refractivity contribution in [2.75, 3.05) is 18.5 Å². The summed E-state index contributed by atoms with van der Waals surface area (Å²) in [5.74, 6) is 0.558. The summed E-state index contributed by atoms with van der Waals surface area (Å²) in [6.07, 6.45) is 0. The van der Waals surface area contributed by atoms with Crippen LogP contribution < -0.4 is 4.90 Å². The monoisotopic (exact) mass is 233 g/mol. The Hall–Kier alpha value is -0.540. The fourth-order valence-corrected chi connectivity index (χ4v) is 1.64. The molecule has 78 valence electrons. The Labute approximate surface area is 94.0 Å². The summed E-state index contributed by atoms with van der Waals surface area (Å²) in [4.78, 5) is 2.02. The summed E-state index contributed by atoms with van der Waals surface area (Å²) in [5.41, 5.74) is 0.820. The SMILES string of the molecule is CC(C)CN(C)c1cc(Cl)nnc1Cl. The second kappa shape index (κ2) is 4.80. The molecule has 0 bridgehead atoms. The lowest BCUT2D eigenvalue weighted by Gasteiger charge is -2.21. The first kappa shape index (κ1) is 11.5. The minimum Gasteiger partial charge on any atom is -0.372 e. The van der Waals surface area contributed by atoms with Crippen molar-refractivity contribution in [1.29, 1.82) is 0 Å². The number of anilines is 1. The third kappa shape index (κ3) is 3.00.